The Morgan fingerprint density at radius 2 is 1.90 bits per heavy atom. The normalized spacial score (nSPS) is 10.2. The molecule has 0 atom stereocenters. The summed E-state index contributed by atoms with van der Waals surface area (Å²) in [5.41, 5.74) is 8.98. The van der Waals surface area contributed by atoms with Crippen LogP contribution in [0.25, 0.3) is 0 Å². The van der Waals surface area contributed by atoms with Crippen LogP contribution >= 0.6 is 0 Å². The highest BCUT2D eigenvalue weighted by molar-refractivity contribution is 5.94. The molecule has 1 amide bonds. The third-order valence-corrected chi connectivity index (χ3v) is 3.39. The van der Waals surface area contributed by atoms with E-state index < -0.39 is 5.91 Å². The van der Waals surface area contributed by atoms with Crippen molar-refractivity contribution in [3.05, 3.63) is 59.2 Å². The van der Waals surface area contributed by atoms with E-state index in [9.17, 15) is 4.79 Å². The number of benzene rings is 2. The average molecular weight is 284 g/mol. The molecule has 4 nitrogen and oxygen atoms in total. The van der Waals surface area contributed by atoms with Gasteiger partial charge in [0.1, 0.15) is 5.75 Å². The van der Waals surface area contributed by atoms with Crippen molar-refractivity contribution in [3.63, 3.8) is 0 Å². The molecule has 0 bridgehead atoms. The number of amides is 1. The standard InChI is InChI=1S/C17H20N2O2/c1-12-11-14(5-8-16(12)17(18)20)19-10-9-13-3-6-15(21-2)7-4-13/h3-8,11,19H,9-10H2,1-2H3,(H2,18,20). The van der Waals surface area contributed by atoms with Crippen LogP contribution in [0.1, 0.15) is 21.5 Å². The monoisotopic (exact) mass is 284 g/mol. The van der Waals surface area contributed by atoms with Crippen LogP contribution in [0.2, 0.25) is 0 Å². The number of hydrogen-bond acceptors (Lipinski definition) is 3. The summed E-state index contributed by atoms with van der Waals surface area (Å²) in [7, 11) is 1.66. The van der Waals surface area contributed by atoms with Crippen molar-refractivity contribution < 1.29 is 9.53 Å². The SMILES string of the molecule is COc1ccc(CCNc2ccc(C(N)=O)c(C)c2)cc1. The highest BCUT2D eigenvalue weighted by Gasteiger charge is 2.05. The maximum Gasteiger partial charge on any atom is 0.248 e. The molecule has 3 N–H and O–H groups in total. The van der Waals surface area contributed by atoms with E-state index in [1.54, 1.807) is 13.2 Å². The molecule has 0 aliphatic rings. The zero-order valence-corrected chi connectivity index (χ0v) is 12.3. The molecule has 0 radical (unpaired) electrons. The van der Waals surface area contributed by atoms with E-state index in [0.717, 1.165) is 30.0 Å². The van der Waals surface area contributed by atoms with E-state index in [-0.39, 0.29) is 0 Å². The molecule has 0 aliphatic carbocycles. The van der Waals surface area contributed by atoms with Gasteiger partial charge in [0, 0.05) is 17.8 Å². The Morgan fingerprint density at radius 1 is 1.19 bits per heavy atom. The molecule has 110 valence electrons. The van der Waals surface area contributed by atoms with E-state index in [2.05, 4.69) is 17.4 Å². The molecule has 0 aromatic heterocycles. The van der Waals surface area contributed by atoms with Crippen molar-refractivity contribution in [2.75, 3.05) is 19.0 Å². The van der Waals surface area contributed by atoms with Gasteiger partial charge in [0.05, 0.1) is 7.11 Å². The van der Waals surface area contributed by atoms with Gasteiger partial charge in [-0.3, -0.25) is 4.79 Å². The van der Waals surface area contributed by atoms with Gasteiger partial charge in [0.2, 0.25) is 5.91 Å². The zero-order chi connectivity index (χ0) is 15.2. The number of carbonyl (C=O) groups excluding carboxylic acids is 1. The topological polar surface area (TPSA) is 64.3 Å². The van der Waals surface area contributed by atoms with Crippen molar-refractivity contribution in [2.45, 2.75) is 13.3 Å². The van der Waals surface area contributed by atoms with E-state index in [1.165, 1.54) is 5.56 Å². The molecular weight excluding hydrogens is 264 g/mol. The third kappa shape index (κ3) is 3.99. The quantitative estimate of drug-likeness (QED) is 0.857. The fourth-order valence-corrected chi connectivity index (χ4v) is 2.19. The Kier molecular flexibility index (Phi) is 4.82. The Bertz CT molecular complexity index is 621. The molecule has 0 unspecified atom stereocenters. The third-order valence-electron chi connectivity index (χ3n) is 3.39. The zero-order valence-electron chi connectivity index (χ0n) is 12.3. The Hall–Kier alpha value is -2.49. The smallest absolute Gasteiger partial charge is 0.248 e. The average Bonchev–Trinajstić information content (AvgIpc) is 2.47. The van der Waals surface area contributed by atoms with Gasteiger partial charge >= 0.3 is 0 Å². The lowest BCUT2D eigenvalue weighted by molar-refractivity contribution is 0.1000. The number of primary amides is 1. The maximum atomic E-state index is 11.2. The highest BCUT2D eigenvalue weighted by Crippen LogP contribution is 2.15. The van der Waals surface area contributed by atoms with Crippen molar-refractivity contribution in [1.82, 2.24) is 0 Å². The number of rotatable bonds is 6. The molecule has 2 rings (SSSR count). The Labute approximate surface area is 124 Å². The molecule has 0 saturated carbocycles. The lowest BCUT2D eigenvalue weighted by atomic mass is 10.1. The fourth-order valence-electron chi connectivity index (χ4n) is 2.19. The van der Waals surface area contributed by atoms with Crippen molar-refractivity contribution >= 4 is 11.6 Å². The van der Waals surface area contributed by atoms with Crippen molar-refractivity contribution in [1.29, 1.82) is 0 Å². The van der Waals surface area contributed by atoms with Gasteiger partial charge in [-0.15, -0.1) is 0 Å². The molecule has 0 spiro atoms. The molecule has 0 fully saturated rings. The Morgan fingerprint density at radius 3 is 2.48 bits per heavy atom. The van der Waals surface area contributed by atoms with Crippen molar-refractivity contribution in [2.24, 2.45) is 5.73 Å². The van der Waals surface area contributed by atoms with Crippen LogP contribution in [-0.2, 0) is 6.42 Å². The number of anilines is 1. The molecular formula is C17H20N2O2. The minimum atomic E-state index is -0.391. The van der Waals surface area contributed by atoms with Gasteiger partial charge in [0.15, 0.2) is 0 Å². The summed E-state index contributed by atoms with van der Waals surface area (Å²) < 4.78 is 5.13. The van der Waals surface area contributed by atoms with Gasteiger partial charge in [-0.05, 0) is 54.8 Å². The predicted octanol–water partition coefficient (Wildman–Crippen LogP) is 2.76. The van der Waals surface area contributed by atoms with Gasteiger partial charge in [-0.1, -0.05) is 12.1 Å². The molecule has 0 heterocycles. The van der Waals surface area contributed by atoms with Crippen LogP contribution in [0, 0.1) is 6.92 Å². The van der Waals surface area contributed by atoms with Gasteiger partial charge in [-0.25, -0.2) is 0 Å². The van der Waals surface area contributed by atoms with Gasteiger partial charge in [-0.2, -0.15) is 0 Å². The molecule has 0 saturated heterocycles. The summed E-state index contributed by atoms with van der Waals surface area (Å²) in [6, 6.07) is 13.6. The highest BCUT2D eigenvalue weighted by atomic mass is 16.5. The summed E-state index contributed by atoms with van der Waals surface area (Å²) in [6.07, 6.45) is 0.917. The van der Waals surface area contributed by atoms with Crippen LogP contribution in [0.5, 0.6) is 5.75 Å². The molecule has 2 aromatic rings. The summed E-state index contributed by atoms with van der Waals surface area (Å²) in [4.78, 5) is 11.2. The minimum absolute atomic E-state index is 0.391. The summed E-state index contributed by atoms with van der Waals surface area (Å²) in [6.45, 7) is 2.70. The second-order valence-corrected chi connectivity index (χ2v) is 4.92. The van der Waals surface area contributed by atoms with Gasteiger partial charge < -0.3 is 15.8 Å². The number of carbonyl (C=O) groups is 1. The maximum absolute atomic E-state index is 11.2. The second-order valence-electron chi connectivity index (χ2n) is 4.92. The molecule has 0 aliphatic heterocycles. The number of hydrogen-bond donors (Lipinski definition) is 2. The van der Waals surface area contributed by atoms with E-state index in [0.29, 0.717) is 5.56 Å². The number of methoxy groups -OCH3 is 1. The first-order chi connectivity index (χ1) is 10.1. The summed E-state index contributed by atoms with van der Waals surface area (Å²) in [5, 5.41) is 3.35. The van der Waals surface area contributed by atoms with Crippen LogP contribution < -0.4 is 15.8 Å². The van der Waals surface area contributed by atoms with Crippen LogP contribution in [0.4, 0.5) is 5.69 Å². The summed E-state index contributed by atoms with van der Waals surface area (Å²) in [5.74, 6) is 0.474. The second kappa shape index (κ2) is 6.79. The lowest BCUT2D eigenvalue weighted by Crippen LogP contribution is -2.13. The number of aryl methyl sites for hydroxylation is 1. The largest absolute Gasteiger partial charge is 0.497 e. The molecule has 2 aromatic carbocycles. The number of ether oxygens (including phenoxy) is 1. The van der Waals surface area contributed by atoms with E-state index >= 15 is 0 Å². The first-order valence-corrected chi connectivity index (χ1v) is 6.87. The first-order valence-electron chi connectivity index (χ1n) is 6.87. The fraction of sp³-hybridized carbons (Fsp3) is 0.235. The lowest BCUT2D eigenvalue weighted by Gasteiger charge is -2.09. The van der Waals surface area contributed by atoms with Crippen molar-refractivity contribution in [3.8, 4) is 5.75 Å². The Balaban J connectivity index is 1.91. The van der Waals surface area contributed by atoms with Gasteiger partial charge in [0.25, 0.3) is 0 Å². The molecule has 4 heteroatoms. The van der Waals surface area contributed by atoms with Crippen LogP contribution in [0.15, 0.2) is 42.5 Å². The van der Waals surface area contributed by atoms with Crippen LogP contribution in [-0.4, -0.2) is 19.6 Å². The first kappa shape index (κ1) is 14.9. The predicted molar refractivity (Wildman–Crippen MR) is 84.9 cm³/mol. The molecule has 21 heavy (non-hydrogen) atoms. The number of nitrogens with two attached hydrogens (primary N) is 1. The van der Waals surface area contributed by atoms with E-state index in [1.807, 2.05) is 31.2 Å². The van der Waals surface area contributed by atoms with E-state index in [4.69, 9.17) is 10.5 Å². The summed E-state index contributed by atoms with van der Waals surface area (Å²) >= 11 is 0. The number of nitrogens with one attached hydrogen (secondary N) is 1. The van der Waals surface area contributed by atoms with Crippen LogP contribution in [0.3, 0.4) is 0 Å². The minimum Gasteiger partial charge on any atom is -0.497 e.